The Kier molecular flexibility index (Phi) is 3.83. The van der Waals surface area contributed by atoms with Gasteiger partial charge in [-0.2, -0.15) is 0 Å². The van der Waals surface area contributed by atoms with Gasteiger partial charge in [0, 0.05) is 18.3 Å². The third-order valence-corrected chi connectivity index (χ3v) is 2.00. The molecule has 2 N–H and O–H groups in total. The number of anilines is 2. The zero-order valence-electron chi connectivity index (χ0n) is 9.33. The maximum Gasteiger partial charge on any atom is 0.247 e. The van der Waals surface area contributed by atoms with Gasteiger partial charge in [0.1, 0.15) is 0 Å². The minimum absolute atomic E-state index is 0.148. The molecular formula is C12H14N2O2. The number of rotatable bonds is 3. The summed E-state index contributed by atoms with van der Waals surface area (Å²) < 4.78 is 0. The van der Waals surface area contributed by atoms with Gasteiger partial charge in [0.2, 0.25) is 11.8 Å². The third kappa shape index (κ3) is 3.24. The predicted octanol–water partition coefficient (Wildman–Crippen LogP) is 2.08. The molecule has 2 amide bonds. The van der Waals surface area contributed by atoms with Crippen LogP contribution in [-0.2, 0) is 9.59 Å². The first-order valence-electron chi connectivity index (χ1n) is 4.84. The quantitative estimate of drug-likeness (QED) is 0.763. The van der Waals surface area contributed by atoms with E-state index >= 15 is 0 Å². The molecule has 0 fully saturated rings. The summed E-state index contributed by atoms with van der Waals surface area (Å²) in [6.07, 6.45) is 1.20. The molecule has 1 aromatic rings. The summed E-state index contributed by atoms with van der Waals surface area (Å²) in [5, 5.41) is 5.31. The van der Waals surface area contributed by atoms with E-state index in [0.29, 0.717) is 11.4 Å². The Bertz CT molecular complexity index is 439. The van der Waals surface area contributed by atoms with E-state index in [1.165, 1.54) is 13.0 Å². The lowest BCUT2D eigenvalue weighted by Gasteiger charge is -2.09. The molecule has 0 saturated heterocycles. The summed E-state index contributed by atoms with van der Waals surface area (Å²) >= 11 is 0. The fourth-order valence-electron chi connectivity index (χ4n) is 1.22. The zero-order chi connectivity index (χ0) is 12.1. The number of amides is 2. The second kappa shape index (κ2) is 5.11. The number of benzene rings is 1. The zero-order valence-corrected chi connectivity index (χ0v) is 9.33. The van der Waals surface area contributed by atoms with Gasteiger partial charge in [0.25, 0.3) is 0 Å². The summed E-state index contributed by atoms with van der Waals surface area (Å²) in [5.41, 5.74) is 2.23. The Labute approximate surface area is 94.4 Å². The highest BCUT2D eigenvalue weighted by atomic mass is 16.2. The Morgan fingerprint density at radius 3 is 2.56 bits per heavy atom. The number of hydrogen-bond donors (Lipinski definition) is 2. The summed E-state index contributed by atoms with van der Waals surface area (Å²) in [6.45, 7) is 6.68. The molecule has 0 saturated carbocycles. The molecule has 0 bridgehead atoms. The molecule has 0 unspecified atom stereocenters. The van der Waals surface area contributed by atoms with Gasteiger partial charge >= 0.3 is 0 Å². The van der Waals surface area contributed by atoms with E-state index in [4.69, 9.17) is 0 Å². The highest BCUT2D eigenvalue weighted by Gasteiger charge is 2.03. The molecule has 0 spiro atoms. The Morgan fingerprint density at radius 1 is 1.31 bits per heavy atom. The normalized spacial score (nSPS) is 9.38. The maximum absolute atomic E-state index is 11.2. The van der Waals surface area contributed by atoms with Crippen LogP contribution in [-0.4, -0.2) is 11.8 Å². The van der Waals surface area contributed by atoms with Gasteiger partial charge in [-0.05, 0) is 30.7 Å². The second-order valence-corrected chi connectivity index (χ2v) is 3.40. The number of carbonyl (C=O) groups is 2. The van der Waals surface area contributed by atoms with Crippen molar-refractivity contribution in [1.82, 2.24) is 0 Å². The van der Waals surface area contributed by atoms with Gasteiger partial charge in [-0.15, -0.1) is 0 Å². The molecule has 0 aliphatic rings. The van der Waals surface area contributed by atoms with Crippen LogP contribution in [0.2, 0.25) is 0 Å². The second-order valence-electron chi connectivity index (χ2n) is 3.40. The minimum Gasteiger partial charge on any atom is -0.326 e. The molecular weight excluding hydrogens is 204 g/mol. The van der Waals surface area contributed by atoms with Crippen LogP contribution in [0.15, 0.2) is 30.9 Å². The molecule has 16 heavy (non-hydrogen) atoms. The summed E-state index contributed by atoms with van der Waals surface area (Å²) in [4.78, 5) is 22.0. The predicted molar refractivity (Wildman–Crippen MR) is 64.3 cm³/mol. The van der Waals surface area contributed by atoms with Crippen LogP contribution in [0.1, 0.15) is 12.5 Å². The molecule has 0 aromatic heterocycles. The molecule has 1 rings (SSSR count). The average molecular weight is 218 g/mol. The lowest BCUT2D eigenvalue weighted by molar-refractivity contribution is -0.114. The molecule has 84 valence electrons. The molecule has 1 aromatic carbocycles. The van der Waals surface area contributed by atoms with Crippen LogP contribution < -0.4 is 10.6 Å². The summed E-state index contributed by atoms with van der Waals surface area (Å²) in [6, 6.07) is 5.31. The smallest absolute Gasteiger partial charge is 0.247 e. The van der Waals surface area contributed by atoms with Crippen LogP contribution in [0.25, 0.3) is 0 Å². The van der Waals surface area contributed by atoms with Crippen molar-refractivity contribution >= 4 is 23.2 Å². The van der Waals surface area contributed by atoms with Gasteiger partial charge < -0.3 is 10.6 Å². The van der Waals surface area contributed by atoms with Crippen LogP contribution in [0.4, 0.5) is 11.4 Å². The highest BCUT2D eigenvalue weighted by Crippen LogP contribution is 2.20. The van der Waals surface area contributed by atoms with Gasteiger partial charge in [0.15, 0.2) is 0 Å². The van der Waals surface area contributed by atoms with E-state index in [2.05, 4.69) is 17.2 Å². The molecule has 0 aliphatic carbocycles. The number of aryl methyl sites for hydroxylation is 1. The van der Waals surface area contributed by atoms with Crippen molar-refractivity contribution in [1.29, 1.82) is 0 Å². The fourth-order valence-corrected chi connectivity index (χ4v) is 1.22. The van der Waals surface area contributed by atoms with E-state index < -0.39 is 0 Å². The topological polar surface area (TPSA) is 58.2 Å². The Hall–Kier alpha value is -2.10. The molecule has 0 heterocycles. The first-order valence-corrected chi connectivity index (χ1v) is 4.84. The Morgan fingerprint density at radius 2 is 2.00 bits per heavy atom. The van der Waals surface area contributed by atoms with Crippen molar-refractivity contribution in [3.63, 3.8) is 0 Å². The van der Waals surface area contributed by atoms with Gasteiger partial charge in [-0.1, -0.05) is 12.6 Å². The van der Waals surface area contributed by atoms with Gasteiger partial charge in [-0.25, -0.2) is 0 Å². The lowest BCUT2D eigenvalue weighted by Crippen LogP contribution is -2.10. The van der Waals surface area contributed by atoms with Crippen molar-refractivity contribution in [3.05, 3.63) is 36.4 Å². The van der Waals surface area contributed by atoms with Crippen molar-refractivity contribution in [2.75, 3.05) is 10.6 Å². The first kappa shape index (κ1) is 12.0. The number of carbonyl (C=O) groups excluding carboxylic acids is 2. The van der Waals surface area contributed by atoms with Crippen LogP contribution in [0.5, 0.6) is 0 Å². The van der Waals surface area contributed by atoms with E-state index in [-0.39, 0.29) is 11.8 Å². The van der Waals surface area contributed by atoms with Crippen LogP contribution >= 0.6 is 0 Å². The van der Waals surface area contributed by atoms with Crippen molar-refractivity contribution in [2.45, 2.75) is 13.8 Å². The maximum atomic E-state index is 11.2. The molecule has 4 nitrogen and oxygen atoms in total. The summed E-state index contributed by atoms with van der Waals surface area (Å²) in [7, 11) is 0. The average Bonchev–Trinajstić information content (AvgIpc) is 2.22. The van der Waals surface area contributed by atoms with Crippen molar-refractivity contribution in [2.24, 2.45) is 0 Å². The molecule has 0 atom stereocenters. The summed E-state index contributed by atoms with van der Waals surface area (Å²) in [5.74, 6) is -0.423. The van der Waals surface area contributed by atoms with Gasteiger partial charge in [0.05, 0.1) is 0 Å². The fraction of sp³-hybridized carbons (Fsp3) is 0.167. The van der Waals surface area contributed by atoms with Crippen LogP contribution in [0, 0.1) is 6.92 Å². The third-order valence-electron chi connectivity index (χ3n) is 2.00. The first-order chi connectivity index (χ1) is 7.52. The number of nitrogens with one attached hydrogen (secondary N) is 2. The monoisotopic (exact) mass is 218 g/mol. The van der Waals surface area contributed by atoms with Crippen LogP contribution in [0.3, 0.4) is 0 Å². The SMILES string of the molecule is C=CC(=O)Nc1cc(NC(C)=O)ccc1C. The van der Waals surface area contributed by atoms with E-state index in [1.807, 2.05) is 13.0 Å². The molecule has 4 heteroatoms. The standard InChI is InChI=1S/C12H14N2O2/c1-4-12(16)14-11-7-10(13-9(3)15)6-5-8(11)2/h4-7H,1H2,2-3H3,(H,13,15)(H,14,16). The highest BCUT2D eigenvalue weighted by molar-refractivity contribution is 6.00. The van der Waals surface area contributed by atoms with Gasteiger partial charge in [-0.3, -0.25) is 9.59 Å². The minimum atomic E-state index is -0.275. The Balaban J connectivity index is 2.94. The number of hydrogen-bond acceptors (Lipinski definition) is 2. The van der Waals surface area contributed by atoms with Crippen molar-refractivity contribution < 1.29 is 9.59 Å². The van der Waals surface area contributed by atoms with Crippen molar-refractivity contribution in [3.8, 4) is 0 Å². The van der Waals surface area contributed by atoms with E-state index in [9.17, 15) is 9.59 Å². The van der Waals surface area contributed by atoms with E-state index in [0.717, 1.165) is 5.56 Å². The van der Waals surface area contributed by atoms with E-state index in [1.54, 1.807) is 12.1 Å². The lowest BCUT2D eigenvalue weighted by atomic mass is 10.1. The molecule has 0 aliphatic heterocycles. The molecule has 0 radical (unpaired) electrons. The largest absolute Gasteiger partial charge is 0.326 e.